The van der Waals surface area contributed by atoms with Gasteiger partial charge in [0.1, 0.15) is 5.82 Å². The van der Waals surface area contributed by atoms with Crippen molar-refractivity contribution in [1.29, 1.82) is 0 Å². The first kappa shape index (κ1) is 19.4. The summed E-state index contributed by atoms with van der Waals surface area (Å²) >= 11 is 0. The average molecular weight is 411 g/mol. The normalized spacial score (nSPS) is 14.5. The SMILES string of the molecule is O=c1cc(Nc2ccccc2)n(-c2ccccc2)c2c(NC3CCCCC3)cncc12. The van der Waals surface area contributed by atoms with Crippen LogP contribution in [0.2, 0.25) is 0 Å². The number of fused-ring (bicyclic) bond motifs is 1. The molecule has 2 aromatic heterocycles. The van der Waals surface area contributed by atoms with Crippen molar-refractivity contribution in [3.8, 4) is 5.69 Å². The van der Waals surface area contributed by atoms with Crippen molar-refractivity contribution in [3.05, 3.63) is 89.3 Å². The highest BCUT2D eigenvalue weighted by molar-refractivity contribution is 5.93. The molecule has 0 saturated heterocycles. The number of rotatable bonds is 5. The highest BCUT2D eigenvalue weighted by atomic mass is 16.1. The fourth-order valence-corrected chi connectivity index (χ4v) is 4.44. The molecule has 2 heterocycles. The number of anilines is 3. The summed E-state index contributed by atoms with van der Waals surface area (Å²) in [6.45, 7) is 0. The number of nitrogens with one attached hydrogen (secondary N) is 2. The third kappa shape index (κ3) is 4.04. The van der Waals surface area contributed by atoms with E-state index in [0.29, 0.717) is 11.4 Å². The predicted molar refractivity (Wildman–Crippen MR) is 128 cm³/mol. The van der Waals surface area contributed by atoms with Crippen LogP contribution < -0.4 is 16.1 Å². The van der Waals surface area contributed by atoms with Crippen molar-refractivity contribution in [2.75, 3.05) is 10.6 Å². The lowest BCUT2D eigenvalue weighted by Crippen LogP contribution is -2.23. The van der Waals surface area contributed by atoms with Gasteiger partial charge in [-0.25, -0.2) is 0 Å². The maximum absolute atomic E-state index is 13.1. The second-order valence-electron chi connectivity index (χ2n) is 8.12. The fraction of sp³-hybridized carbons (Fsp3) is 0.231. The Labute approximate surface area is 181 Å². The Bertz CT molecular complexity index is 1230. The highest BCUT2D eigenvalue weighted by Crippen LogP contribution is 2.31. The zero-order chi connectivity index (χ0) is 21.0. The van der Waals surface area contributed by atoms with E-state index in [1.165, 1.54) is 19.3 Å². The highest BCUT2D eigenvalue weighted by Gasteiger charge is 2.19. The summed E-state index contributed by atoms with van der Waals surface area (Å²) in [4.78, 5) is 17.5. The van der Waals surface area contributed by atoms with Crippen molar-refractivity contribution < 1.29 is 0 Å². The van der Waals surface area contributed by atoms with Gasteiger partial charge in [0, 0.05) is 29.7 Å². The van der Waals surface area contributed by atoms with Gasteiger partial charge in [-0.05, 0) is 37.1 Å². The topological polar surface area (TPSA) is 59.0 Å². The number of pyridine rings is 2. The molecule has 0 spiro atoms. The van der Waals surface area contributed by atoms with Crippen LogP contribution in [0, 0.1) is 0 Å². The van der Waals surface area contributed by atoms with Gasteiger partial charge in [0.05, 0.1) is 22.8 Å². The molecule has 5 heteroatoms. The van der Waals surface area contributed by atoms with Gasteiger partial charge in [-0.2, -0.15) is 0 Å². The van der Waals surface area contributed by atoms with Crippen molar-refractivity contribution >= 4 is 28.1 Å². The summed E-state index contributed by atoms with van der Waals surface area (Å²) in [6.07, 6.45) is 9.59. The smallest absolute Gasteiger partial charge is 0.193 e. The third-order valence-corrected chi connectivity index (χ3v) is 5.94. The number of hydrogen-bond donors (Lipinski definition) is 2. The molecule has 0 radical (unpaired) electrons. The van der Waals surface area contributed by atoms with Gasteiger partial charge < -0.3 is 10.6 Å². The monoisotopic (exact) mass is 410 g/mol. The van der Waals surface area contributed by atoms with E-state index in [1.807, 2.05) is 54.7 Å². The molecular weight excluding hydrogens is 384 g/mol. The standard InChI is InChI=1S/C26H26N4O/c31-24-16-25(29-20-12-6-2-7-13-20)30(21-14-8-3-9-15-21)26-22(24)17-27-18-23(26)28-19-10-4-1-5-11-19/h2-3,6-9,12-19,28-29H,1,4-5,10-11H2. The number of para-hydroxylation sites is 2. The van der Waals surface area contributed by atoms with Crippen LogP contribution in [-0.2, 0) is 0 Å². The summed E-state index contributed by atoms with van der Waals surface area (Å²) in [5.41, 5.74) is 3.64. The first-order valence-electron chi connectivity index (χ1n) is 11.0. The van der Waals surface area contributed by atoms with Crippen LogP contribution in [0.15, 0.2) is 83.9 Å². The van der Waals surface area contributed by atoms with Gasteiger partial charge >= 0.3 is 0 Å². The van der Waals surface area contributed by atoms with E-state index in [0.717, 1.165) is 41.2 Å². The van der Waals surface area contributed by atoms with Crippen LogP contribution >= 0.6 is 0 Å². The Morgan fingerprint density at radius 3 is 2.32 bits per heavy atom. The minimum absolute atomic E-state index is 0.0413. The Morgan fingerprint density at radius 2 is 1.58 bits per heavy atom. The lowest BCUT2D eigenvalue weighted by Gasteiger charge is -2.26. The molecule has 1 fully saturated rings. The quantitative estimate of drug-likeness (QED) is 0.432. The van der Waals surface area contributed by atoms with Crippen molar-refractivity contribution in [3.63, 3.8) is 0 Å². The number of aromatic nitrogens is 2. The molecule has 156 valence electrons. The van der Waals surface area contributed by atoms with Gasteiger partial charge in [-0.3, -0.25) is 14.3 Å². The summed E-state index contributed by atoms with van der Waals surface area (Å²) in [6, 6.07) is 22.2. The van der Waals surface area contributed by atoms with E-state index in [1.54, 1.807) is 12.3 Å². The van der Waals surface area contributed by atoms with Crippen LogP contribution in [0.25, 0.3) is 16.6 Å². The molecule has 0 atom stereocenters. The van der Waals surface area contributed by atoms with E-state index in [-0.39, 0.29) is 5.43 Å². The molecule has 1 saturated carbocycles. The third-order valence-electron chi connectivity index (χ3n) is 5.94. The molecule has 0 unspecified atom stereocenters. The van der Waals surface area contributed by atoms with Crippen LogP contribution in [0.4, 0.5) is 17.2 Å². The summed E-state index contributed by atoms with van der Waals surface area (Å²) in [5, 5.41) is 7.77. The minimum atomic E-state index is -0.0413. The van der Waals surface area contributed by atoms with Gasteiger partial charge in [0.25, 0.3) is 0 Å². The van der Waals surface area contributed by atoms with E-state index < -0.39 is 0 Å². The minimum Gasteiger partial charge on any atom is -0.379 e. The molecule has 0 bridgehead atoms. The zero-order valence-electron chi connectivity index (χ0n) is 17.4. The van der Waals surface area contributed by atoms with Gasteiger partial charge in [0.2, 0.25) is 0 Å². The van der Waals surface area contributed by atoms with Gasteiger partial charge in [-0.15, -0.1) is 0 Å². The lowest BCUT2D eigenvalue weighted by molar-refractivity contribution is 0.463. The van der Waals surface area contributed by atoms with Crippen LogP contribution in [0.1, 0.15) is 32.1 Å². The summed E-state index contributed by atoms with van der Waals surface area (Å²) in [5.74, 6) is 0.729. The largest absolute Gasteiger partial charge is 0.379 e. The first-order chi connectivity index (χ1) is 15.3. The molecular formula is C26H26N4O. The molecule has 0 amide bonds. The van der Waals surface area contributed by atoms with E-state index in [4.69, 9.17) is 0 Å². The van der Waals surface area contributed by atoms with Crippen molar-refractivity contribution in [2.45, 2.75) is 38.1 Å². The molecule has 5 nitrogen and oxygen atoms in total. The maximum Gasteiger partial charge on any atom is 0.193 e. The summed E-state index contributed by atoms with van der Waals surface area (Å²) in [7, 11) is 0. The predicted octanol–water partition coefficient (Wildman–Crippen LogP) is 5.87. The second-order valence-corrected chi connectivity index (χ2v) is 8.12. The molecule has 2 aromatic carbocycles. The van der Waals surface area contributed by atoms with Crippen LogP contribution in [0.3, 0.4) is 0 Å². The molecule has 5 rings (SSSR count). The maximum atomic E-state index is 13.1. The number of hydrogen-bond acceptors (Lipinski definition) is 4. The Balaban J connectivity index is 1.72. The first-order valence-corrected chi connectivity index (χ1v) is 11.0. The fourth-order valence-electron chi connectivity index (χ4n) is 4.44. The molecule has 31 heavy (non-hydrogen) atoms. The molecule has 1 aliphatic carbocycles. The number of nitrogens with zero attached hydrogens (tertiary/aromatic N) is 2. The van der Waals surface area contributed by atoms with E-state index in [9.17, 15) is 4.79 Å². The Kier molecular flexibility index (Phi) is 5.40. The lowest BCUT2D eigenvalue weighted by atomic mass is 9.95. The molecule has 2 N–H and O–H groups in total. The van der Waals surface area contributed by atoms with Crippen LogP contribution in [0.5, 0.6) is 0 Å². The zero-order valence-corrected chi connectivity index (χ0v) is 17.4. The van der Waals surface area contributed by atoms with Gasteiger partial charge in [0.15, 0.2) is 5.43 Å². The van der Waals surface area contributed by atoms with Gasteiger partial charge in [-0.1, -0.05) is 55.7 Å². The summed E-state index contributed by atoms with van der Waals surface area (Å²) < 4.78 is 2.12. The molecule has 1 aliphatic rings. The van der Waals surface area contributed by atoms with E-state index >= 15 is 0 Å². The van der Waals surface area contributed by atoms with E-state index in [2.05, 4.69) is 32.3 Å². The molecule has 0 aliphatic heterocycles. The van der Waals surface area contributed by atoms with Crippen molar-refractivity contribution in [1.82, 2.24) is 9.55 Å². The molecule has 4 aromatic rings. The Hall–Kier alpha value is -3.60. The van der Waals surface area contributed by atoms with Crippen LogP contribution in [-0.4, -0.2) is 15.6 Å². The van der Waals surface area contributed by atoms with Crippen molar-refractivity contribution in [2.24, 2.45) is 0 Å². The second kappa shape index (κ2) is 8.64. The average Bonchev–Trinajstić information content (AvgIpc) is 2.82. The Morgan fingerprint density at radius 1 is 0.871 bits per heavy atom. The number of benzene rings is 2.